The zero-order valence-electron chi connectivity index (χ0n) is 12.2. The molecule has 0 aromatic heterocycles. The van der Waals surface area contributed by atoms with Crippen molar-refractivity contribution in [2.24, 2.45) is 0 Å². The molecule has 1 aromatic carbocycles. The van der Waals surface area contributed by atoms with Gasteiger partial charge >= 0.3 is 0 Å². The highest BCUT2D eigenvalue weighted by molar-refractivity contribution is 5.26. The molecule has 2 atom stereocenters. The van der Waals surface area contributed by atoms with Crippen LogP contribution in [0.4, 0.5) is 0 Å². The molecule has 19 heavy (non-hydrogen) atoms. The van der Waals surface area contributed by atoms with Crippen molar-refractivity contribution in [3.63, 3.8) is 0 Å². The molecule has 1 aliphatic rings. The third-order valence-corrected chi connectivity index (χ3v) is 3.97. The number of aryl methyl sites for hydroxylation is 1. The van der Waals surface area contributed by atoms with E-state index >= 15 is 0 Å². The minimum atomic E-state index is -0.428. The molecule has 0 bridgehead atoms. The van der Waals surface area contributed by atoms with Crippen LogP contribution >= 0.6 is 0 Å². The van der Waals surface area contributed by atoms with Crippen LogP contribution in [0.2, 0.25) is 0 Å². The fraction of sp³-hybridized carbons (Fsp3) is 0.625. The van der Waals surface area contributed by atoms with Gasteiger partial charge in [-0.3, -0.25) is 4.90 Å². The second-order valence-electron chi connectivity index (χ2n) is 5.70. The van der Waals surface area contributed by atoms with Crippen LogP contribution in [0, 0.1) is 6.92 Å². The molecule has 1 heterocycles. The smallest absolute Gasteiger partial charge is 0.0964 e. The van der Waals surface area contributed by atoms with Crippen LogP contribution < -0.4 is 0 Å². The Morgan fingerprint density at radius 1 is 1.37 bits per heavy atom. The van der Waals surface area contributed by atoms with Crippen LogP contribution in [-0.2, 0) is 11.2 Å². The van der Waals surface area contributed by atoms with Gasteiger partial charge in [-0.15, -0.1) is 0 Å². The van der Waals surface area contributed by atoms with Gasteiger partial charge in [0.2, 0.25) is 0 Å². The topological polar surface area (TPSA) is 32.7 Å². The van der Waals surface area contributed by atoms with Crippen molar-refractivity contribution in [2.45, 2.75) is 45.4 Å². The van der Waals surface area contributed by atoms with E-state index in [1.807, 2.05) is 12.1 Å². The number of hydrogen-bond donors (Lipinski definition) is 1. The van der Waals surface area contributed by atoms with Gasteiger partial charge in [0.25, 0.3) is 0 Å². The summed E-state index contributed by atoms with van der Waals surface area (Å²) >= 11 is 0. The van der Waals surface area contributed by atoms with E-state index in [9.17, 15) is 5.11 Å². The van der Waals surface area contributed by atoms with Crippen molar-refractivity contribution in [3.8, 4) is 0 Å². The minimum absolute atomic E-state index is 0.0734. The molecule has 0 spiro atoms. The molecule has 2 rings (SSSR count). The fourth-order valence-corrected chi connectivity index (χ4v) is 2.59. The predicted molar refractivity (Wildman–Crippen MR) is 77.3 cm³/mol. The maximum Gasteiger partial charge on any atom is 0.0964 e. The SMILES string of the molecule is Cc1ccccc1CC(O)C1CN(C(C)C)CCO1. The summed E-state index contributed by atoms with van der Waals surface area (Å²) in [6.07, 6.45) is 0.168. The highest BCUT2D eigenvalue weighted by atomic mass is 16.5. The molecule has 0 amide bonds. The Balaban J connectivity index is 1.96. The first kappa shape index (κ1) is 14.5. The number of aliphatic hydroxyl groups excluding tert-OH is 1. The Bertz CT molecular complexity index is 405. The van der Waals surface area contributed by atoms with E-state index in [0.29, 0.717) is 19.1 Å². The molecular weight excluding hydrogens is 238 g/mol. The predicted octanol–water partition coefficient (Wildman–Crippen LogP) is 2.01. The van der Waals surface area contributed by atoms with Crippen molar-refractivity contribution >= 4 is 0 Å². The van der Waals surface area contributed by atoms with Crippen molar-refractivity contribution < 1.29 is 9.84 Å². The molecule has 1 aromatic rings. The monoisotopic (exact) mass is 263 g/mol. The molecule has 1 fully saturated rings. The molecule has 3 heteroatoms. The number of aliphatic hydroxyl groups is 1. The average Bonchev–Trinajstić information content (AvgIpc) is 2.41. The Hall–Kier alpha value is -0.900. The number of hydrogen-bond acceptors (Lipinski definition) is 3. The van der Waals surface area contributed by atoms with Crippen molar-refractivity contribution in [3.05, 3.63) is 35.4 Å². The van der Waals surface area contributed by atoms with E-state index in [1.54, 1.807) is 0 Å². The van der Waals surface area contributed by atoms with Gasteiger partial charge in [-0.05, 0) is 31.9 Å². The van der Waals surface area contributed by atoms with Crippen molar-refractivity contribution in [1.29, 1.82) is 0 Å². The van der Waals surface area contributed by atoms with Gasteiger partial charge in [-0.2, -0.15) is 0 Å². The maximum atomic E-state index is 10.4. The second-order valence-corrected chi connectivity index (χ2v) is 5.70. The molecule has 106 valence electrons. The normalized spacial score (nSPS) is 22.7. The lowest BCUT2D eigenvalue weighted by Crippen LogP contribution is -2.50. The van der Waals surface area contributed by atoms with Crippen LogP contribution in [0.1, 0.15) is 25.0 Å². The maximum absolute atomic E-state index is 10.4. The van der Waals surface area contributed by atoms with Gasteiger partial charge in [0.05, 0.1) is 18.8 Å². The first-order chi connectivity index (χ1) is 9.08. The number of ether oxygens (including phenoxy) is 1. The van der Waals surface area contributed by atoms with Gasteiger partial charge in [0.1, 0.15) is 0 Å². The summed E-state index contributed by atoms with van der Waals surface area (Å²) in [5.74, 6) is 0. The summed E-state index contributed by atoms with van der Waals surface area (Å²) in [5.41, 5.74) is 2.44. The minimum Gasteiger partial charge on any atom is -0.390 e. The summed E-state index contributed by atoms with van der Waals surface area (Å²) in [4.78, 5) is 2.37. The van der Waals surface area contributed by atoms with Crippen molar-refractivity contribution in [1.82, 2.24) is 4.90 Å². The van der Waals surface area contributed by atoms with Crippen LogP contribution in [-0.4, -0.2) is 48.0 Å². The molecule has 0 radical (unpaired) electrons. The van der Waals surface area contributed by atoms with E-state index in [-0.39, 0.29) is 6.10 Å². The Morgan fingerprint density at radius 2 is 2.11 bits per heavy atom. The summed E-state index contributed by atoms with van der Waals surface area (Å²) in [6, 6.07) is 8.74. The molecule has 1 saturated heterocycles. The first-order valence-electron chi connectivity index (χ1n) is 7.16. The van der Waals surface area contributed by atoms with E-state index < -0.39 is 6.10 Å². The summed E-state index contributed by atoms with van der Waals surface area (Å²) in [6.45, 7) is 8.97. The summed E-state index contributed by atoms with van der Waals surface area (Å²) < 4.78 is 5.74. The molecule has 0 aliphatic carbocycles. The van der Waals surface area contributed by atoms with Gasteiger partial charge in [-0.1, -0.05) is 24.3 Å². The summed E-state index contributed by atoms with van der Waals surface area (Å²) in [7, 11) is 0. The number of benzene rings is 1. The van der Waals surface area contributed by atoms with Gasteiger partial charge in [0, 0.05) is 25.6 Å². The lowest BCUT2D eigenvalue weighted by atomic mass is 9.99. The van der Waals surface area contributed by atoms with Crippen LogP contribution in [0.3, 0.4) is 0 Å². The quantitative estimate of drug-likeness (QED) is 0.902. The molecule has 2 unspecified atom stereocenters. The zero-order chi connectivity index (χ0) is 13.8. The Kier molecular flexibility index (Phi) is 4.97. The first-order valence-corrected chi connectivity index (χ1v) is 7.16. The zero-order valence-corrected chi connectivity index (χ0v) is 12.2. The highest BCUT2D eigenvalue weighted by Crippen LogP contribution is 2.17. The number of morpholine rings is 1. The van der Waals surface area contributed by atoms with Crippen LogP contribution in [0.15, 0.2) is 24.3 Å². The third-order valence-electron chi connectivity index (χ3n) is 3.97. The van der Waals surface area contributed by atoms with Crippen molar-refractivity contribution in [2.75, 3.05) is 19.7 Å². The molecule has 3 nitrogen and oxygen atoms in total. The highest BCUT2D eigenvalue weighted by Gasteiger charge is 2.28. The largest absolute Gasteiger partial charge is 0.390 e. The molecule has 1 N–H and O–H groups in total. The van der Waals surface area contributed by atoms with E-state index in [0.717, 1.165) is 13.1 Å². The van der Waals surface area contributed by atoms with Gasteiger partial charge in [0.15, 0.2) is 0 Å². The lowest BCUT2D eigenvalue weighted by Gasteiger charge is -2.37. The van der Waals surface area contributed by atoms with E-state index in [2.05, 4.69) is 37.8 Å². The Morgan fingerprint density at radius 3 is 2.79 bits per heavy atom. The lowest BCUT2D eigenvalue weighted by molar-refractivity contribution is -0.0941. The standard InChI is InChI=1S/C16H25NO2/c1-12(2)17-8-9-19-16(11-17)15(18)10-14-7-5-4-6-13(14)3/h4-7,12,15-16,18H,8-11H2,1-3H3. The summed E-state index contributed by atoms with van der Waals surface area (Å²) in [5, 5.41) is 10.4. The molecule has 0 saturated carbocycles. The van der Waals surface area contributed by atoms with Gasteiger partial charge < -0.3 is 9.84 Å². The fourth-order valence-electron chi connectivity index (χ4n) is 2.59. The Labute approximate surface area is 116 Å². The van der Waals surface area contributed by atoms with E-state index in [4.69, 9.17) is 4.74 Å². The van der Waals surface area contributed by atoms with Gasteiger partial charge in [-0.25, -0.2) is 0 Å². The molecule has 1 aliphatic heterocycles. The number of rotatable bonds is 4. The van der Waals surface area contributed by atoms with Crippen LogP contribution in [0.25, 0.3) is 0 Å². The molecular formula is C16H25NO2. The second kappa shape index (κ2) is 6.51. The van der Waals surface area contributed by atoms with E-state index in [1.165, 1.54) is 11.1 Å². The average molecular weight is 263 g/mol. The third kappa shape index (κ3) is 3.78. The number of nitrogens with zero attached hydrogens (tertiary/aromatic N) is 1. The van der Waals surface area contributed by atoms with Crippen LogP contribution in [0.5, 0.6) is 0 Å².